The summed E-state index contributed by atoms with van der Waals surface area (Å²) in [5.74, 6) is 0. The molecule has 0 bridgehead atoms. The number of allylic oxidation sites excluding steroid dienone is 2. The van der Waals surface area contributed by atoms with Crippen LogP contribution < -0.4 is 0 Å². The highest BCUT2D eigenvalue weighted by Crippen LogP contribution is 2.54. The Labute approximate surface area is 506 Å². The van der Waals surface area contributed by atoms with Gasteiger partial charge in [0.05, 0.1) is 0 Å². The van der Waals surface area contributed by atoms with Gasteiger partial charge in [-0.2, -0.15) is 0 Å². The van der Waals surface area contributed by atoms with Crippen LogP contribution in [0, 0.1) is 0 Å². The summed E-state index contributed by atoms with van der Waals surface area (Å²) in [5.41, 5.74) is 36.1. The summed E-state index contributed by atoms with van der Waals surface area (Å²) < 4.78 is 0. The summed E-state index contributed by atoms with van der Waals surface area (Å²) in [7, 11) is 0. The van der Waals surface area contributed by atoms with Crippen LogP contribution in [0.4, 0.5) is 0 Å². The molecule has 86 heavy (non-hydrogen) atoms. The highest BCUT2D eigenvalue weighted by molar-refractivity contribution is 6.05. The van der Waals surface area contributed by atoms with Gasteiger partial charge in [-0.3, -0.25) is 0 Å². The lowest BCUT2D eigenvalue weighted by Crippen LogP contribution is -2.15. The molecule has 0 saturated carbocycles. The summed E-state index contributed by atoms with van der Waals surface area (Å²) in [6.45, 7) is 9.61. The van der Waals surface area contributed by atoms with E-state index in [-0.39, 0.29) is 10.8 Å². The van der Waals surface area contributed by atoms with E-state index in [1.54, 1.807) is 0 Å². The average molecular weight is 1100 g/mol. The monoisotopic (exact) mass is 1100 g/mol. The topological polar surface area (TPSA) is 0 Å². The molecule has 408 valence electrons. The van der Waals surface area contributed by atoms with Crippen molar-refractivity contribution >= 4 is 10.8 Å². The van der Waals surface area contributed by atoms with Crippen LogP contribution in [0.3, 0.4) is 0 Å². The minimum Gasteiger partial charge on any atom is -0.0838 e. The molecule has 0 fully saturated rings. The van der Waals surface area contributed by atoms with Crippen LogP contribution in [0.1, 0.15) is 61.1 Å². The van der Waals surface area contributed by atoms with Crippen LogP contribution in [0.15, 0.2) is 291 Å². The average Bonchev–Trinajstić information content (AvgIpc) is 1.77. The second-order valence-corrected chi connectivity index (χ2v) is 25.0. The van der Waals surface area contributed by atoms with Gasteiger partial charge in [0.2, 0.25) is 0 Å². The zero-order chi connectivity index (χ0) is 57.7. The number of hydrogen-bond donors (Lipinski definition) is 0. The van der Waals surface area contributed by atoms with Crippen molar-refractivity contribution in [2.45, 2.75) is 51.4 Å². The summed E-state index contributed by atoms with van der Waals surface area (Å²) in [5, 5.41) is 2.54. The molecule has 16 rings (SSSR count). The van der Waals surface area contributed by atoms with E-state index >= 15 is 0 Å². The second-order valence-electron chi connectivity index (χ2n) is 25.0. The smallest absolute Gasteiger partial charge is 0.0159 e. The molecule has 3 aliphatic carbocycles. The van der Waals surface area contributed by atoms with Crippen molar-refractivity contribution in [3.63, 3.8) is 0 Å². The van der Waals surface area contributed by atoms with Crippen molar-refractivity contribution in [3.8, 4) is 122 Å². The Morgan fingerprint density at radius 1 is 0.198 bits per heavy atom. The molecule has 0 unspecified atom stereocenters. The molecule has 0 aromatic heterocycles. The van der Waals surface area contributed by atoms with E-state index in [1.807, 2.05) is 0 Å². The molecule has 0 N–H and O–H groups in total. The van der Waals surface area contributed by atoms with Crippen molar-refractivity contribution in [2.24, 2.45) is 0 Å². The minimum atomic E-state index is -0.161. The normalized spacial score (nSPS) is 13.9. The van der Waals surface area contributed by atoms with Gasteiger partial charge in [-0.1, -0.05) is 295 Å². The predicted molar refractivity (Wildman–Crippen MR) is 365 cm³/mol. The Hall–Kier alpha value is -10.1. The third-order valence-electron chi connectivity index (χ3n) is 19.5. The van der Waals surface area contributed by atoms with Gasteiger partial charge in [0.15, 0.2) is 0 Å². The molecule has 13 aromatic carbocycles. The highest BCUT2D eigenvalue weighted by Gasteiger charge is 2.38. The Balaban J connectivity index is 0.612. The van der Waals surface area contributed by atoms with Gasteiger partial charge in [-0.05, 0) is 204 Å². The van der Waals surface area contributed by atoms with Crippen LogP contribution in [-0.4, -0.2) is 0 Å². The van der Waals surface area contributed by atoms with Gasteiger partial charge in [0.25, 0.3) is 0 Å². The van der Waals surface area contributed by atoms with E-state index in [9.17, 15) is 0 Å². The minimum absolute atomic E-state index is 0.159. The molecular formula is C86H64. The molecule has 0 aliphatic heterocycles. The van der Waals surface area contributed by atoms with E-state index in [4.69, 9.17) is 0 Å². The summed E-state index contributed by atoms with van der Waals surface area (Å²) in [4.78, 5) is 0. The molecular weight excluding hydrogens is 1030 g/mol. The van der Waals surface area contributed by atoms with Crippen molar-refractivity contribution in [1.82, 2.24) is 0 Å². The van der Waals surface area contributed by atoms with Gasteiger partial charge in [-0.15, -0.1) is 0 Å². The van der Waals surface area contributed by atoms with Crippen molar-refractivity contribution in [1.29, 1.82) is 0 Å². The lowest BCUT2D eigenvalue weighted by atomic mass is 9.79. The van der Waals surface area contributed by atoms with Crippen molar-refractivity contribution in [3.05, 3.63) is 325 Å². The third kappa shape index (κ3) is 8.57. The SMILES string of the molecule is CC1(C)c2cc(-c3ccc(-c4ccc(-c5ccc(-c6ccccc6)c6c5CC=CC6)cc4)cc3)ccc2-c2ccc(-c3ccc4c(c3)C(C)(C)c3cc(-c5ccc(-c6ccc(-c7ccc(-c8ccccc8)c8ccccc78)cc6)cc5)ccc3-4)cc21. The van der Waals surface area contributed by atoms with Crippen molar-refractivity contribution in [2.75, 3.05) is 0 Å². The van der Waals surface area contributed by atoms with E-state index < -0.39 is 0 Å². The molecule has 3 aliphatic rings. The fourth-order valence-electron chi connectivity index (χ4n) is 14.7. The third-order valence-corrected chi connectivity index (χ3v) is 19.5. The van der Waals surface area contributed by atoms with Crippen LogP contribution >= 0.6 is 0 Å². The molecule has 0 atom stereocenters. The van der Waals surface area contributed by atoms with E-state index in [0.717, 1.165) is 12.8 Å². The maximum absolute atomic E-state index is 2.47. The molecule has 13 aromatic rings. The van der Waals surface area contributed by atoms with Crippen LogP contribution in [-0.2, 0) is 23.7 Å². The first-order valence-corrected chi connectivity index (χ1v) is 30.6. The lowest BCUT2D eigenvalue weighted by Gasteiger charge is -2.24. The number of benzene rings is 13. The van der Waals surface area contributed by atoms with E-state index in [2.05, 4.69) is 319 Å². The molecule has 0 heteroatoms. The van der Waals surface area contributed by atoms with Crippen LogP contribution in [0.2, 0.25) is 0 Å². The van der Waals surface area contributed by atoms with Crippen LogP contribution in [0.5, 0.6) is 0 Å². The first kappa shape index (κ1) is 51.5. The first-order chi connectivity index (χ1) is 42.1. The van der Waals surface area contributed by atoms with Gasteiger partial charge in [0.1, 0.15) is 0 Å². The molecule has 0 nitrogen and oxygen atoms in total. The maximum atomic E-state index is 2.47. The zero-order valence-corrected chi connectivity index (χ0v) is 49.1. The van der Waals surface area contributed by atoms with Crippen LogP contribution in [0.25, 0.3) is 133 Å². The Bertz CT molecular complexity index is 4840. The van der Waals surface area contributed by atoms with Gasteiger partial charge in [-0.25, -0.2) is 0 Å². The summed E-state index contributed by atoms with van der Waals surface area (Å²) >= 11 is 0. The zero-order valence-electron chi connectivity index (χ0n) is 49.1. The number of fused-ring (bicyclic) bond motifs is 8. The maximum Gasteiger partial charge on any atom is 0.0159 e. The Kier molecular flexibility index (Phi) is 12.2. The second kappa shape index (κ2) is 20.3. The quantitative estimate of drug-likeness (QED) is 0.126. The Morgan fingerprint density at radius 3 is 0.756 bits per heavy atom. The largest absolute Gasteiger partial charge is 0.0838 e. The fraction of sp³-hybridized carbons (Fsp3) is 0.0930. The van der Waals surface area contributed by atoms with Crippen molar-refractivity contribution < 1.29 is 0 Å². The van der Waals surface area contributed by atoms with Gasteiger partial charge >= 0.3 is 0 Å². The lowest BCUT2D eigenvalue weighted by molar-refractivity contribution is 0.660. The van der Waals surface area contributed by atoms with E-state index in [0.29, 0.717) is 0 Å². The standard InChI is InChI=1S/C86H64/c1-85(2)81-51-65(59-27-23-55(24-28-59)57-31-35-63(36-32-57)71-49-47-69(61-15-7-5-8-16-61)73-19-11-13-21-75(71)73)39-43-77(81)79-45-41-67(53-83(79)85)68-42-46-80-78-44-40-66(52-82(78)86(3,4)84(80)54-68)60-29-25-56(26-30-60)58-33-37-64(38-34-58)72-50-48-70(62-17-9-6-10-18-62)74-20-12-14-22-76(72)74/h5-19,21,23-54H,20,22H2,1-4H3. The highest BCUT2D eigenvalue weighted by atomic mass is 14.4. The molecule has 0 saturated heterocycles. The summed E-state index contributed by atoms with van der Waals surface area (Å²) in [6, 6.07) is 105. The van der Waals surface area contributed by atoms with E-state index in [1.165, 1.54) is 167 Å². The molecule has 0 heterocycles. The fourth-order valence-corrected chi connectivity index (χ4v) is 14.7. The first-order valence-electron chi connectivity index (χ1n) is 30.6. The molecule has 0 spiro atoms. The number of rotatable bonds is 9. The van der Waals surface area contributed by atoms with Gasteiger partial charge < -0.3 is 0 Å². The summed E-state index contributed by atoms with van der Waals surface area (Å²) in [6.07, 6.45) is 6.59. The Morgan fingerprint density at radius 2 is 0.419 bits per heavy atom. The molecule has 0 amide bonds. The van der Waals surface area contributed by atoms with Gasteiger partial charge in [0, 0.05) is 10.8 Å². The number of hydrogen-bond acceptors (Lipinski definition) is 0. The molecule has 0 radical (unpaired) electrons. The predicted octanol–water partition coefficient (Wildman–Crippen LogP) is 23.1.